The Kier molecular flexibility index (Phi) is 4.92. The van der Waals surface area contributed by atoms with Crippen LogP contribution in [0.2, 0.25) is 0 Å². The highest BCUT2D eigenvalue weighted by Crippen LogP contribution is 2.28. The van der Waals surface area contributed by atoms with Crippen molar-refractivity contribution >= 4 is 11.6 Å². The molecule has 3 aromatic rings. The zero-order chi connectivity index (χ0) is 18.6. The van der Waals surface area contributed by atoms with Gasteiger partial charge in [-0.1, -0.05) is 30.3 Å². The van der Waals surface area contributed by atoms with Gasteiger partial charge in [0.05, 0.1) is 0 Å². The molecule has 1 aliphatic rings. The molecule has 0 spiro atoms. The van der Waals surface area contributed by atoms with Gasteiger partial charge in [-0.25, -0.2) is 0 Å². The predicted octanol–water partition coefficient (Wildman–Crippen LogP) is 3.61. The summed E-state index contributed by atoms with van der Waals surface area (Å²) in [5.41, 5.74) is 4.51. The van der Waals surface area contributed by atoms with Crippen LogP contribution in [0.5, 0.6) is 0 Å². The second-order valence-corrected chi connectivity index (χ2v) is 7.11. The third-order valence-electron chi connectivity index (χ3n) is 5.04. The highest BCUT2D eigenvalue weighted by molar-refractivity contribution is 5.95. The molecule has 0 aliphatic carbocycles. The third kappa shape index (κ3) is 4.03. The summed E-state index contributed by atoms with van der Waals surface area (Å²) in [5.74, 6) is -0.0264. The maximum Gasteiger partial charge on any atom is 0.251 e. The van der Waals surface area contributed by atoms with Crippen molar-refractivity contribution < 1.29 is 4.79 Å². The van der Waals surface area contributed by atoms with Crippen LogP contribution in [0.4, 0.5) is 5.69 Å². The number of carbonyl (C=O) groups is 1. The van der Waals surface area contributed by atoms with E-state index in [4.69, 9.17) is 0 Å². The van der Waals surface area contributed by atoms with E-state index in [9.17, 15) is 4.79 Å². The Morgan fingerprint density at radius 2 is 1.89 bits per heavy atom. The minimum atomic E-state index is -0.0264. The zero-order valence-electron chi connectivity index (χ0n) is 15.5. The van der Waals surface area contributed by atoms with Gasteiger partial charge in [0.1, 0.15) is 0 Å². The number of aromatic nitrogens is 2. The fourth-order valence-electron chi connectivity index (χ4n) is 3.50. The molecule has 4 rings (SSSR count). The Bertz CT molecular complexity index is 895. The van der Waals surface area contributed by atoms with Gasteiger partial charge in [-0.15, -0.1) is 0 Å². The van der Waals surface area contributed by atoms with Crippen LogP contribution >= 0.6 is 0 Å². The van der Waals surface area contributed by atoms with Gasteiger partial charge in [0.25, 0.3) is 5.91 Å². The maximum absolute atomic E-state index is 12.6. The molecule has 1 amide bonds. The Hall–Kier alpha value is -3.08. The summed E-state index contributed by atoms with van der Waals surface area (Å²) in [6.07, 6.45) is 4.55. The Labute approximate surface area is 159 Å². The number of rotatable bonds is 6. The summed E-state index contributed by atoms with van der Waals surface area (Å²) >= 11 is 0. The number of aryl methyl sites for hydroxylation is 1. The number of hydrogen-bond donors (Lipinski definition) is 1. The Balaban J connectivity index is 1.38. The zero-order valence-corrected chi connectivity index (χ0v) is 15.5. The number of benzene rings is 2. The number of anilines is 1. The first-order valence-electron chi connectivity index (χ1n) is 9.39. The molecule has 1 aliphatic heterocycles. The molecular weight excluding hydrogens is 336 g/mol. The van der Waals surface area contributed by atoms with E-state index in [0.29, 0.717) is 5.56 Å². The van der Waals surface area contributed by atoms with Gasteiger partial charge in [-0.05, 0) is 48.7 Å². The van der Waals surface area contributed by atoms with Gasteiger partial charge >= 0.3 is 0 Å². The van der Waals surface area contributed by atoms with E-state index in [2.05, 4.69) is 45.6 Å². The van der Waals surface area contributed by atoms with Crippen molar-refractivity contribution in [2.24, 2.45) is 0 Å². The van der Waals surface area contributed by atoms with Crippen molar-refractivity contribution in [1.29, 1.82) is 0 Å². The summed E-state index contributed by atoms with van der Waals surface area (Å²) in [4.78, 5) is 15.0. The van der Waals surface area contributed by atoms with E-state index in [1.165, 1.54) is 11.1 Å². The van der Waals surface area contributed by atoms with E-state index in [0.717, 1.165) is 31.7 Å². The summed E-state index contributed by atoms with van der Waals surface area (Å²) in [7, 11) is 0. The highest BCUT2D eigenvalue weighted by atomic mass is 16.1. The Morgan fingerprint density at radius 1 is 1.11 bits per heavy atom. The lowest BCUT2D eigenvalue weighted by Gasteiger charge is -2.19. The van der Waals surface area contributed by atoms with E-state index in [1.54, 1.807) is 6.20 Å². The van der Waals surface area contributed by atoms with Crippen molar-refractivity contribution in [3.8, 4) is 0 Å². The van der Waals surface area contributed by atoms with Crippen molar-refractivity contribution in [2.45, 2.75) is 39.0 Å². The fraction of sp³-hybridized carbons (Fsp3) is 0.273. The second kappa shape index (κ2) is 7.66. The number of fused-ring (bicyclic) bond motifs is 1. The van der Waals surface area contributed by atoms with E-state index < -0.39 is 0 Å². The molecule has 0 saturated carbocycles. The highest BCUT2D eigenvalue weighted by Gasteiger charge is 2.19. The molecule has 1 aromatic heterocycles. The summed E-state index contributed by atoms with van der Waals surface area (Å²) in [6, 6.07) is 18.4. The number of carbonyl (C=O) groups excluding carboxylic acids is 1. The summed E-state index contributed by atoms with van der Waals surface area (Å²) < 4.78 is 1.88. The van der Waals surface area contributed by atoms with Crippen LogP contribution in [0.1, 0.15) is 34.8 Å². The largest absolute Gasteiger partial charge is 0.363 e. The van der Waals surface area contributed by atoms with Crippen LogP contribution in [0.3, 0.4) is 0 Å². The minimum absolute atomic E-state index is 0.0264. The fourth-order valence-corrected chi connectivity index (χ4v) is 3.50. The summed E-state index contributed by atoms with van der Waals surface area (Å²) in [6.45, 7) is 4.60. The van der Waals surface area contributed by atoms with Gasteiger partial charge in [0.15, 0.2) is 0 Å². The smallest absolute Gasteiger partial charge is 0.251 e. The molecule has 0 radical (unpaired) electrons. The topological polar surface area (TPSA) is 50.2 Å². The van der Waals surface area contributed by atoms with Crippen molar-refractivity contribution in [2.75, 3.05) is 4.90 Å². The minimum Gasteiger partial charge on any atom is -0.363 e. The molecule has 0 unspecified atom stereocenters. The van der Waals surface area contributed by atoms with Gasteiger partial charge < -0.3 is 10.2 Å². The molecular formula is C22H24N4O. The van der Waals surface area contributed by atoms with Crippen molar-refractivity contribution in [3.63, 3.8) is 0 Å². The number of hydrogen-bond acceptors (Lipinski definition) is 3. The SMILES string of the molecule is C[C@H](CCn1cccn1)NC(=O)c1cccc(N2Cc3ccccc3C2)c1. The third-order valence-corrected chi connectivity index (χ3v) is 5.04. The number of nitrogens with zero attached hydrogens (tertiary/aromatic N) is 3. The molecule has 27 heavy (non-hydrogen) atoms. The quantitative estimate of drug-likeness (QED) is 0.731. The normalized spacial score (nSPS) is 14.0. The van der Waals surface area contributed by atoms with Crippen LogP contribution in [0.25, 0.3) is 0 Å². The average molecular weight is 360 g/mol. The van der Waals surface area contributed by atoms with E-state index in [-0.39, 0.29) is 11.9 Å². The lowest BCUT2D eigenvalue weighted by atomic mass is 10.1. The first kappa shape index (κ1) is 17.3. The molecule has 1 atom stereocenters. The molecule has 5 heteroatoms. The average Bonchev–Trinajstić information content (AvgIpc) is 3.36. The van der Waals surface area contributed by atoms with Crippen LogP contribution in [0.15, 0.2) is 67.0 Å². The Morgan fingerprint density at radius 3 is 2.59 bits per heavy atom. The van der Waals surface area contributed by atoms with Gasteiger partial charge in [0.2, 0.25) is 0 Å². The predicted molar refractivity (Wildman–Crippen MR) is 107 cm³/mol. The first-order chi connectivity index (χ1) is 13.2. The van der Waals surface area contributed by atoms with Gasteiger partial charge in [-0.3, -0.25) is 9.48 Å². The molecule has 2 heterocycles. The summed E-state index contributed by atoms with van der Waals surface area (Å²) in [5, 5.41) is 7.29. The number of amides is 1. The standard InChI is InChI=1S/C22H24N4O/c1-17(10-13-26-12-5-11-23-26)24-22(27)18-8-4-9-21(14-18)25-15-19-6-2-3-7-20(19)16-25/h2-9,11-12,14,17H,10,13,15-16H2,1H3,(H,24,27)/t17-/m1/s1. The second-order valence-electron chi connectivity index (χ2n) is 7.11. The maximum atomic E-state index is 12.6. The van der Waals surface area contributed by atoms with Crippen LogP contribution in [-0.2, 0) is 19.6 Å². The molecule has 0 bridgehead atoms. The van der Waals surface area contributed by atoms with Crippen LogP contribution in [0, 0.1) is 0 Å². The molecule has 5 nitrogen and oxygen atoms in total. The van der Waals surface area contributed by atoms with Crippen molar-refractivity contribution in [1.82, 2.24) is 15.1 Å². The molecule has 138 valence electrons. The monoisotopic (exact) mass is 360 g/mol. The first-order valence-corrected chi connectivity index (χ1v) is 9.39. The van der Waals surface area contributed by atoms with E-state index >= 15 is 0 Å². The van der Waals surface area contributed by atoms with Crippen LogP contribution < -0.4 is 10.2 Å². The number of nitrogens with one attached hydrogen (secondary N) is 1. The molecule has 2 aromatic carbocycles. The van der Waals surface area contributed by atoms with Gasteiger partial charge in [-0.2, -0.15) is 5.10 Å². The van der Waals surface area contributed by atoms with Gasteiger partial charge in [0, 0.05) is 49.3 Å². The lowest BCUT2D eigenvalue weighted by Crippen LogP contribution is -2.33. The van der Waals surface area contributed by atoms with Crippen molar-refractivity contribution in [3.05, 3.63) is 83.7 Å². The molecule has 1 N–H and O–H groups in total. The van der Waals surface area contributed by atoms with Crippen LogP contribution in [-0.4, -0.2) is 21.7 Å². The molecule has 0 fully saturated rings. The van der Waals surface area contributed by atoms with E-state index in [1.807, 2.05) is 42.1 Å². The molecule has 0 saturated heterocycles. The lowest BCUT2D eigenvalue weighted by molar-refractivity contribution is 0.0937.